The van der Waals surface area contributed by atoms with Gasteiger partial charge in [-0.1, -0.05) is 95.1 Å². The van der Waals surface area contributed by atoms with E-state index in [1.807, 2.05) is 0 Å². The Kier molecular flexibility index (Phi) is 9.17. The van der Waals surface area contributed by atoms with Crippen molar-refractivity contribution in [3.8, 4) is 0 Å². The fourth-order valence-electron chi connectivity index (χ4n) is 5.17. The number of unbranched alkanes of at least 4 members (excludes halogenated alkanes) is 3. The van der Waals surface area contributed by atoms with Crippen LogP contribution in [0.2, 0.25) is 5.15 Å². The van der Waals surface area contributed by atoms with Crippen molar-refractivity contribution in [3.05, 3.63) is 11.2 Å². The Hall–Kier alpha value is -1.03. The summed E-state index contributed by atoms with van der Waals surface area (Å²) in [5.74, 6) is 3.71. The first-order valence-corrected chi connectivity index (χ1v) is 12.1. The van der Waals surface area contributed by atoms with E-state index in [9.17, 15) is 0 Å². The molecule has 2 aliphatic rings. The molecule has 0 aromatic carbocycles. The van der Waals surface area contributed by atoms with E-state index in [0.717, 1.165) is 24.3 Å². The standard InChI is InChI=1S/C23H39ClN4/c24-21-16-22(25)28-23(27-21)26-17-20-14-12-19(13-15-20)11-5-2-1-4-8-18-9-6-3-7-10-18/h16,18-20H,1-15,17H2,(H3,25,26,27,28). The topological polar surface area (TPSA) is 63.8 Å². The molecule has 158 valence electrons. The molecule has 0 unspecified atom stereocenters. The Labute approximate surface area is 176 Å². The van der Waals surface area contributed by atoms with Crippen LogP contribution in [0.5, 0.6) is 0 Å². The monoisotopic (exact) mass is 406 g/mol. The number of hydrogen-bond donors (Lipinski definition) is 2. The Morgan fingerprint density at radius 1 is 0.821 bits per heavy atom. The molecule has 0 amide bonds. The summed E-state index contributed by atoms with van der Waals surface area (Å²) < 4.78 is 0. The summed E-state index contributed by atoms with van der Waals surface area (Å²) in [4.78, 5) is 8.39. The van der Waals surface area contributed by atoms with Crippen molar-refractivity contribution in [3.63, 3.8) is 0 Å². The van der Waals surface area contributed by atoms with Crippen LogP contribution in [0, 0.1) is 17.8 Å². The highest BCUT2D eigenvalue weighted by Gasteiger charge is 2.21. The van der Waals surface area contributed by atoms with Crippen LogP contribution in [0.1, 0.15) is 96.3 Å². The maximum atomic E-state index is 5.94. The zero-order valence-corrected chi connectivity index (χ0v) is 18.2. The van der Waals surface area contributed by atoms with Gasteiger partial charge in [-0.3, -0.25) is 0 Å². The van der Waals surface area contributed by atoms with Crippen LogP contribution < -0.4 is 11.1 Å². The molecule has 0 saturated heterocycles. The van der Waals surface area contributed by atoms with Gasteiger partial charge in [-0.05, 0) is 30.6 Å². The minimum Gasteiger partial charge on any atom is -0.383 e. The van der Waals surface area contributed by atoms with Gasteiger partial charge in [0.25, 0.3) is 0 Å². The Bertz CT molecular complexity index is 545. The lowest BCUT2D eigenvalue weighted by Gasteiger charge is -2.28. The molecule has 3 N–H and O–H groups in total. The minimum absolute atomic E-state index is 0.400. The van der Waals surface area contributed by atoms with Crippen molar-refractivity contribution in [2.24, 2.45) is 17.8 Å². The summed E-state index contributed by atoms with van der Waals surface area (Å²) in [5.41, 5.74) is 5.73. The molecule has 1 aromatic rings. The Balaban J connectivity index is 1.20. The third-order valence-electron chi connectivity index (χ3n) is 6.93. The molecule has 4 nitrogen and oxygen atoms in total. The van der Waals surface area contributed by atoms with Crippen molar-refractivity contribution in [1.82, 2.24) is 9.97 Å². The van der Waals surface area contributed by atoms with Crippen molar-refractivity contribution >= 4 is 23.4 Å². The van der Waals surface area contributed by atoms with Gasteiger partial charge in [0.05, 0.1) is 0 Å². The van der Waals surface area contributed by atoms with Crippen molar-refractivity contribution in [1.29, 1.82) is 0 Å². The second-order valence-electron chi connectivity index (χ2n) is 9.20. The summed E-state index contributed by atoms with van der Waals surface area (Å²) in [5, 5.41) is 3.72. The van der Waals surface area contributed by atoms with E-state index in [0.29, 0.717) is 16.9 Å². The highest BCUT2D eigenvalue weighted by atomic mass is 35.5. The van der Waals surface area contributed by atoms with Gasteiger partial charge in [0.2, 0.25) is 5.95 Å². The van der Waals surface area contributed by atoms with Crippen molar-refractivity contribution in [2.75, 3.05) is 17.6 Å². The zero-order chi connectivity index (χ0) is 19.6. The second-order valence-corrected chi connectivity index (χ2v) is 9.59. The zero-order valence-electron chi connectivity index (χ0n) is 17.5. The molecule has 0 atom stereocenters. The first-order valence-electron chi connectivity index (χ1n) is 11.7. The number of halogens is 1. The van der Waals surface area contributed by atoms with Gasteiger partial charge >= 0.3 is 0 Å². The number of hydrogen-bond acceptors (Lipinski definition) is 4. The highest BCUT2D eigenvalue weighted by Crippen LogP contribution is 2.33. The number of nitrogen functional groups attached to an aromatic ring is 1. The van der Waals surface area contributed by atoms with Crippen LogP contribution >= 0.6 is 11.6 Å². The van der Waals surface area contributed by atoms with Crippen LogP contribution in [0.4, 0.5) is 11.8 Å². The van der Waals surface area contributed by atoms with Crippen LogP contribution in [0.25, 0.3) is 0 Å². The molecule has 2 aliphatic carbocycles. The van der Waals surface area contributed by atoms with Crippen LogP contribution in [-0.4, -0.2) is 16.5 Å². The van der Waals surface area contributed by atoms with Crippen molar-refractivity contribution in [2.45, 2.75) is 96.3 Å². The third kappa shape index (κ3) is 7.77. The molecule has 0 bridgehead atoms. The molecule has 1 aromatic heterocycles. The first kappa shape index (κ1) is 21.7. The molecule has 0 radical (unpaired) electrons. The normalized spacial score (nSPS) is 23.6. The third-order valence-corrected chi connectivity index (χ3v) is 7.12. The predicted octanol–water partition coefficient (Wildman–Crippen LogP) is 6.85. The van der Waals surface area contributed by atoms with Gasteiger partial charge in [-0.15, -0.1) is 0 Å². The lowest BCUT2D eigenvalue weighted by molar-refractivity contribution is 0.265. The lowest BCUT2D eigenvalue weighted by atomic mass is 9.79. The molecule has 3 rings (SSSR count). The largest absolute Gasteiger partial charge is 0.383 e. The molecule has 1 heterocycles. The van der Waals surface area contributed by atoms with Crippen molar-refractivity contribution < 1.29 is 0 Å². The molecular formula is C23H39ClN4. The second kappa shape index (κ2) is 11.8. The van der Waals surface area contributed by atoms with Gasteiger partial charge in [0.1, 0.15) is 11.0 Å². The average molecular weight is 407 g/mol. The van der Waals surface area contributed by atoms with E-state index >= 15 is 0 Å². The summed E-state index contributed by atoms with van der Waals surface area (Å²) in [6, 6.07) is 1.58. The Morgan fingerprint density at radius 3 is 2.07 bits per heavy atom. The predicted molar refractivity (Wildman–Crippen MR) is 120 cm³/mol. The summed E-state index contributed by atoms with van der Waals surface area (Å²) in [6.07, 6.45) is 21.6. The smallest absolute Gasteiger partial charge is 0.226 e. The molecule has 28 heavy (non-hydrogen) atoms. The van der Waals surface area contributed by atoms with E-state index in [-0.39, 0.29) is 0 Å². The Morgan fingerprint density at radius 2 is 1.43 bits per heavy atom. The van der Waals surface area contributed by atoms with Crippen LogP contribution in [-0.2, 0) is 0 Å². The molecule has 2 fully saturated rings. The molecule has 5 heteroatoms. The van der Waals surface area contributed by atoms with Gasteiger partial charge in [0.15, 0.2) is 0 Å². The molecule has 2 saturated carbocycles. The fraction of sp³-hybridized carbons (Fsp3) is 0.826. The van der Waals surface area contributed by atoms with Crippen LogP contribution in [0.3, 0.4) is 0 Å². The molecule has 0 spiro atoms. The van der Waals surface area contributed by atoms with Gasteiger partial charge < -0.3 is 11.1 Å². The SMILES string of the molecule is Nc1cc(Cl)nc(NCC2CCC(CCCCCCC3CCCCC3)CC2)n1. The van der Waals surface area contributed by atoms with Gasteiger partial charge in [-0.2, -0.15) is 4.98 Å². The maximum Gasteiger partial charge on any atom is 0.226 e. The fourth-order valence-corrected chi connectivity index (χ4v) is 5.36. The summed E-state index contributed by atoms with van der Waals surface area (Å²) >= 11 is 5.94. The average Bonchev–Trinajstić information content (AvgIpc) is 2.70. The lowest BCUT2D eigenvalue weighted by Crippen LogP contribution is -2.22. The maximum absolute atomic E-state index is 5.94. The van der Waals surface area contributed by atoms with E-state index in [1.54, 1.807) is 6.07 Å². The molecule has 0 aliphatic heterocycles. The number of nitrogens with one attached hydrogen (secondary N) is 1. The number of nitrogens with zero attached hydrogens (tertiary/aromatic N) is 2. The van der Waals surface area contributed by atoms with Crippen LogP contribution in [0.15, 0.2) is 6.07 Å². The summed E-state index contributed by atoms with van der Waals surface area (Å²) in [6.45, 7) is 0.924. The van der Waals surface area contributed by atoms with Gasteiger partial charge in [-0.25, -0.2) is 4.98 Å². The number of nitrogens with two attached hydrogens (primary N) is 1. The van der Waals surface area contributed by atoms with E-state index in [2.05, 4.69) is 15.3 Å². The van der Waals surface area contributed by atoms with E-state index in [4.69, 9.17) is 17.3 Å². The number of anilines is 2. The quantitative estimate of drug-likeness (QED) is 0.329. The highest BCUT2D eigenvalue weighted by molar-refractivity contribution is 6.29. The van der Waals surface area contributed by atoms with Gasteiger partial charge in [0, 0.05) is 12.6 Å². The summed E-state index contributed by atoms with van der Waals surface area (Å²) in [7, 11) is 0. The number of rotatable bonds is 10. The minimum atomic E-state index is 0.400. The first-order chi connectivity index (χ1) is 13.7. The number of aromatic nitrogens is 2. The van der Waals surface area contributed by atoms with E-state index < -0.39 is 0 Å². The molecular weight excluding hydrogens is 368 g/mol. The van der Waals surface area contributed by atoms with E-state index in [1.165, 1.54) is 96.3 Å².